The third-order valence-electron chi connectivity index (χ3n) is 5.66. The number of rotatable bonds is 6. The number of amides is 2. The van der Waals surface area contributed by atoms with E-state index in [1.54, 1.807) is 0 Å². The first kappa shape index (κ1) is 21.4. The summed E-state index contributed by atoms with van der Waals surface area (Å²) in [6.07, 6.45) is 0. The Bertz CT molecular complexity index is 1220. The van der Waals surface area contributed by atoms with Crippen LogP contribution >= 0.6 is 0 Å². The molecule has 0 radical (unpaired) electrons. The Balaban J connectivity index is 1.43. The van der Waals surface area contributed by atoms with E-state index in [-0.39, 0.29) is 6.03 Å². The van der Waals surface area contributed by atoms with Gasteiger partial charge in [-0.05, 0) is 45.4 Å². The number of carbonyl (C=O) groups excluding carboxylic acids is 1. The molecule has 0 unspecified atom stereocenters. The number of carbonyl (C=O) groups is 1. The number of para-hydroxylation sites is 1. The monoisotopic (exact) mass is 428 g/mol. The maximum atomic E-state index is 12.7. The Morgan fingerprint density at radius 2 is 1.50 bits per heavy atom. The van der Waals surface area contributed by atoms with Gasteiger partial charge in [0.1, 0.15) is 0 Å². The summed E-state index contributed by atoms with van der Waals surface area (Å²) in [5.74, 6) is 0. The number of benzene rings is 2. The van der Waals surface area contributed by atoms with Crippen LogP contribution in [0.5, 0.6) is 0 Å². The van der Waals surface area contributed by atoms with E-state index >= 15 is 0 Å². The second-order valence-electron chi connectivity index (χ2n) is 7.89. The van der Waals surface area contributed by atoms with E-state index in [2.05, 4.69) is 33.0 Å². The molecule has 2 amide bonds. The molecule has 0 saturated carbocycles. The lowest BCUT2D eigenvalue weighted by atomic mass is 10.2. The van der Waals surface area contributed by atoms with Gasteiger partial charge in [-0.1, -0.05) is 48.5 Å². The molecule has 0 spiro atoms. The summed E-state index contributed by atoms with van der Waals surface area (Å²) in [6.45, 7) is 8.96. The van der Waals surface area contributed by atoms with Gasteiger partial charge < -0.3 is 10.6 Å². The van der Waals surface area contributed by atoms with E-state index in [9.17, 15) is 4.79 Å². The molecule has 0 bridgehead atoms. The van der Waals surface area contributed by atoms with Crippen molar-refractivity contribution in [1.29, 1.82) is 0 Å². The number of nitrogens with zero attached hydrogens (tertiary/aromatic N) is 4. The molecule has 0 atom stereocenters. The maximum Gasteiger partial charge on any atom is 0.319 e. The zero-order chi connectivity index (χ0) is 22.7. The molecule has 2 aromatic heterocycles. The van der Waals surface area contributed by atoms with E-state index < -0.39 is 0 Å². The number of hydrogen-bond acceptors (Lipinski definition) is 3. The molecule has 32 heavy (non-hydrogen) atoms. The van der Waals surface area contributed by atoms with Gasteiger partial charge in [-0.15, -0.1) is 0 Å². The van der Waals surface area contributed by atoms with Gasteiger partial charge in [0, 0.05) is 17.8 Å². The quantitative estimate of drug-likeness (QED) is 0.468. The lowest BCUT2D eigenvalue weighted by Crippen LogP contribution is -2.29. The molecule has 0 aliphatic rings. The summed E-state index contributed by atoms with van der Waals surface area (Å²) >= 11 is 0. The van der Waals surface area contributed by atoms with Crippen molar-refractivity contribution in [2.24, 2.45) is 0 Å². The molecule has 0 saturated heterocycles. The van der Waals surface area contributed by atoms with Crippen molar-refractivity contribution < 1.29 is 4.79 Å². The van der Waals surface area contributed by atoms with Crippen molar-refractivity contribution in [2.75, 3.05) is 5.32 Å². The molecule has 2 aromatic carbocycles. The van der Waals surface area contributed by atoms with Gasteiger partial charge >= 0.3 is 6.03 Å². The number of nitrogens with one attached hydrogen (secondary N) is 2. The molecule has 164 valence electrons. The Morgan fingerprint density at radius 1 is 0.844 bits per heavy atom. The highest BCUT2D eigenvalue weighted by Gasteiger charge is 2.17. The van der Waals surface area contributed by atoms with Crippen LogP contribution in [0.4, 0.5) is 10.5 Å². The first-order chi connectivity index (χ1) is 15.4. The van der Waals surface area contributed by atoms with Gasteiger partial charge in [0.15, 0.2) is 0 Å². The van der Waals surface area contributed by atoms with Crippen LogP contribution in [0.3, 0.4) is 0 Å². The summed E-state index contributed by atoms with van der Waals surface area (Å²) < 4.78 is 3.82. The Kier molecular flexibility index (Phi) is 6.07. The highest BCUT2D eigenvalue weighted by atomic mass is 16.2. The van der Waals surface area contributed by atoms with Crippen LogP contribution in [0.15, 0.2) is 60.7 Å². The molecule has 2 heterocycles. The van der Waals surface area contributed by atoms with Crippen LogP contribution in [-0.4, -0.2) is 25.6 Å². The van der Waals surface area contributed by atoms with Crippen LogP contribution in [0, 0.1) is 27.7 Å². The predicted molar refractivity (Wildman–Crippen MR) is 126 cm³/mol. The molecule has 0 fully saturated rings. The molecule has 4 rings (SSSR count). The minimum Gasteiger partial charge on any atom is -0.334 e. The average molecular weight is 429 g/mol. The Labute approximate surface area is 188 Å². The first-order valence-corrected chi connectivity index (χ1v) is 10.7. The highest BCUT2D eigenvalue weighted by Crippen LogP contribution is 2.22. The van der Waals surface area contributed by atoms with Crippen molar-refractivity contribution in [3.63, 3.8) is 0 Å². The molecule has 7 heteroatoms. The van der Waals surface area contributed by atoms with Crippen LogP contribution < -0.4 is 10.6 Å². The summed E-state index contributed by atoms with van der Waals surface area (Å²) in [5.41, 5.74) is 7.52. The second-order valence-corrected chi connectivity index (χ2v) is 7.89. The van der Waals surface area contributed by atoms with E-state index in [1.807, 2.05) is 85.6 Å². The maximum absolute atomic E-state index is 12.7. The molecule has 4 aromatic rings. The normalized spacial score (nSPS) is 10.9. The lowest BCUT2D eigenvalue weighted by Gasteiger charge is -2.10. The van der Waals surface area contributed by atoms with Crippen molar-refractivity contribution in [3.05, 3.63) is 94.6 Å². The third-order valence-corrected chi connectivity index (χ3v) is 5.66. The molecular formula is C25H28N6O. The highest BCUT2D eigenvalue weighted by molar-refractivity contribution is 5.90. The van der Waals surface area contributed by atoms with Crippen LogP contribution in [0.25, 0.3) is 5.69 Å². The number of hydrogen-bond donors (Lipinski definition) is 2. The number of anilines is 1. The topological polar surface area (TPSA) is 76.8 Å². The van der Waals surface area contributed by atoms with Gasteiger partial charge in [-0.25, -0.2) is 9.48 Å². The second kappa shape index (κ2) is 9.09. The van der Waals surface area contributed by atoms with Crippen molar-refractivity contribution in [3.8, 4) is 5.69 Å². The number of aromatic nitrogens is 4. The minimum atomic E-state index is -0.265. The van der Waals surface area contributed by atoms with Crippen molar-refractivity contribution in [1.82, 2.24) is 24.9 Å². The summed E-state index contributed by atoms with van der Waals surface area (Å²) in [5, 5.41) is 15.2. The minimum absolute atomic E-state index is 0.265. The SMILES string of the molecule is Cc1nn(Cc2ccccc2)c(C)c1CNC(=O)Nc1c(C)nn(-c2ccccc2)c1C. The van der Waals surface area contributed by atoms with Crippen LogP contribution in [-0.2, 0) is 13.1 Å². The average Bonchev–Trinajstić information content (AvgIpc) is 3.23. The standard InChI is InChI=1S/C25H28N6O/c1-17-23(19(3)30(28-17)16-21-11-7-5-8-12-21)15-26-25(32)27-24-18(2)29-31(20(24)4)22-13-9-6-10-14-22/h5-14H,15-16H2,1-4H3,(H2,26,27,32). The first-order valence-electron chi connectivity index (χ1n) is 10.7. The third kappa shape index (κ3) is 4.42. The number of urea groups is 1. The van der Waals surface area contributed by atoms with Gasteiger partial charge in [0.25, 0.3) is 0 Å². The van der Waals surface area contributed by atoms with Gasteiger partial charge in [0.05, 0.1) is 35.0 Å². The van der Waals surface area contributed by atoms with Crippen LogP contribution in [0.2, 0.25) is 0 Å². The van der Waals surface area contributed by atoms with E-state index in [0.717, 1.165) is 39.7 Å². The predicted octanol–water partition coefficient (Wildman–Crippen LogP) is 4.67. The molecule has 7 nitrogen and oxygen atoms in total. The largest absolute Gasteiger partial charge is 0.334 e. The molecule has 2 N–H and O–H groups in total. The summed E-state index contributed by atoms with van der Waals surface area (Å²) in [4.78, 5) is 12.7. The van der Waals surface area contributed by atoms with Gasteiger partial charge in [0.2, 0.25) is 0 Å². The Morgan fingerprint density at radius 3 is 2.19 bits per heavy atom. The molecular weight excluding hydrogens is 400 g/mol. The fourth-order valence-electron chi connectivity index (χ4n) is 3.87. The lowest BCUT2D eigenvalue weighted by molar-refractivity contribution is 0.251. The van der Waals surface area contributed by atoms with Crippen molar-refractivity contribution >= 4 is 11.7 Å². The zero-order valence-electron chi connectivity index (χ0n) is 18.9. The molecule has 0 aliphatic heterocycles. The molecule has 0 aliphatic carbocycles. The summed E-state index contributed by atoms with van der Waals surface area (Å²) in [6, 6.07) is 19.8. The van der Waals surface area contributed by atoms with E-state index in [0.29, 0.717) is 13.1 Å². The fourth-order valence-corrected chi connectivity index (χ4v) is 3.87. The van der Waals surface area contributed by atoms with Crippen LogP contribution in [0.1, 0.15) is 33.9 Å². The smallest absolute Gasteiger partial charge is 0.319 e. The van der Waals surface area contributed by atoms with Crippen molar-refractivity contribution in [2.45, 2.75) is 40.8 Å². The van der Waals surface area contributed by atoms with Gasteiger partial charge in [-0.2, -0.15) is 10.2 Å². The Hall–Kier alpha value is -3.87. The van der Waals surface area contributed by atoms with Gasteiger partial charge in [-0.3, -0.25) is 4.68 Å². The van der Waals surface area contributed by atoms with E-state index in [1.165, 1.54) is 5.56 Å². The van der Waals surface area contributed by atoms with E-state index in [4.69, 9.17) is 0 Å². The number of aryl methyl sites for hydroxylation is 2. The zero-order valence-corrected chi connectivity index (χ0v) is 18.9. The summed E-state index contributed by atoms with van der Waals surface area (Å²) in [7, 11) is 0. The fraction of sp³-hybridized carbons (Fsp3) is 0.240.